The third-order valence-corrected chi connectivity index (χ3v) is 10.1. The topological polar surface area (TPSA) is 0 Å². The van der Waals surface area contributed by atoms with Crippen LogP contribution in [-0.4, -0.2) is 38.7 Å². The Morgan fingerprint density at radius 3 is 1.06 bits per heavy atom. The van der Waals surface area contributed by atoms with Crippen LogP contribution in [0.15, 0.2) is 60.7 Å². The molecule has 0 atom stereocenters. The van der Waals surface area contributed by atoms with Gasteiger partial charge in [-0.2, -0.15) is 0 Å². The fourth-order valence-electron chi connectivity index (χ4n) is 4.44. The van der Waals surface area contributed by atoms with Crippen LogP contribution in [0, 0.1) is 0 Å². The van der Waals surface area contributed by atoms with E-state index in [2.05, 4.69) is 27.7 Å². The van der Waals surface area contributed by atoms with Gasteiger partial charge < -0.3 is 4.48 Å². The summed E-state index contributed by atoms with van der Waals surface area (Å²) in [5.74, 6) is 0. The quantitative estimate of drug-likeness (QED) is 0.148. The van der Waals surface area contributed by atoms with Crippen molar-refractivity contribution < 1.29 is 12.7 Å². The molecule has 0 aliphatic carbocycles. The Morgan fingerprint density at radius 1 is 0.545 bits per heavy atom. The van der Waals surface area contributed by atoms with Crippen LogP contribution in [0.5, 0.6) is 0 Å². The molecule has 0 heterocycles. The Balaban J connectivity index is 0.000000330. The first-order valence-electron chi connectivity index (χ1n) is 13.3. The summed E-state index contributed by atoms with van der Waals surface area (Å²) in [7, 11) is -5.20. The molecule has 0 fully saturated rings. The summed E-state index contributed by atoms with van der Waals surface area (Å²) in [4.78, 5) is 0. The monoisotopic (exact) mass is 477 g/mol. The van der Waals surface area contributed by atoms with Crippen LogP contribution in [0.2, 0.25) is 6.55 Å². The van der Waals surface area contributed by atoms with E-state index in [-0.39, 0.29) is 10.4 Å². The predicted molar refractivity (Wildman–Crippen MR) is 145 cm³/mol. The summed E-state index contributed by atoms with van der Waals surface area (Å²) in [6.07, 6.45) is 11.1. The van der Waals surface area contributed by atoms with E-state index in [0.717, 1.165) is 6.55 Å². The van der Waals surface area contributed by atoms with Crippen molar-refractivity contribution in [1.82, 2.24) is 0 Å². The van der Waals surface area contributed by atoms with Gasteiger partial charge in [0, 0.05) is 0 Å². The van der Waals surface area contributed by atoms with Gasteiger partial charge in [0.15, 0.2) is 0 Å². The Bertz CT molecular complexity index is 659. The van der Waals surface area contributed by atoms with E-state index in [9.17, 15) is 8.22 Å². The molecule has 0 aliphatic heterocycles. The molecule has 0 saturated heterocycles. The SMILES string of the molecule is CCCC[N+](CCCC)(CCCC)CCCC.C[Si-](F)(F)(c1ccccc1)c1ccccc1. The molecule has 2 rings (SSSR count). The first kappa shape index (κ1) is 29.5. The van der Waals surface area contributed by atoms with E-state index in [4.69, 9.17) is 0 Å². The van der Waals surface area contributed by atoms with Crippen molar-refractivity contribution in [3.8, 4) is 0 Å². The van der Waals surface area contributed by atoms with Crippen LogP contribution in [0.25, 0.3) is 0 Å². The van der Waals surface area contributed by atoms with Gasteiger partial charge in [0.2, 0.25) is 0 Å². The van der Waals surface area contributed by atoms with Gasteiger partial charge in [-0.05, 0) is 25.7 Å². The number of unbranched alkanes of at least 4 members (excludes halogenated alkanes) is 4. The first-order valence-corrected chi connectivity index (χ1v) is 16.0. The van der Waals surface area contributed by atoms with Gasteiger partial charge in [0.1, 0.15) is 0 Å². The average molecular weight is 478 g/mol. The average Bonchev–Trinajstić information content (AvgIpc) is 2.84. The van der Waals surface area contributed by atoms with Crippen molar-refractivity contribution in [3.63, 3.8) is 0 Å². The second-order valence-electron chi connectivity index (χ2n) is 9.83. The van der Waals surface area contributed by atoms with Gasteiger partial charge >= 0.3 is 93.8 Å². The van der Waals surface area contributed by atoms with E-state index in [1.165, 1.54) is 106 Å². The number of benzene rings is 2. The Hall–Kier alpha value is -1.52. The van der Waals surface area contributed by atoms with Gasteiger partial charge in [0.25, 0.3) is 0 Å². The Morgan fingerprint density at radius 2 is 0.818 bits per heavy atom. The second kappa shape index (κ2) is 14.7. The number of quaternary nitrogens is 1. The molecule has 0 amide bonds. The van der Waals surface area contributed by atoms with Crippen molar-refractivity contribution in [2.24, 2.45) is 0 Å². The maximum absolute atomic E-state index is 14.7. The molecule has 0 radical (unpaired) electrons. The molecule has 0 spiro atoms. The predicted octanol–water partition coefficient (Wildman–Crippen LogP) is 7.77. The number of rotatable bonds is 14. The second-order valence-corrected chi connectivity index (χ2v) is 13.9. The molecule has 33 heavy (non-hydrogen) atoms. The van der Waals surface area contributed by atoms with Crippen molar-refractivity contribution in [2.75, 3.05) is 26.2 Å². The third kappa shape index (κ3) is 9.70. The summed E-state index contributed by atoms with van der Waals surface area (Å²) < 4.78 is 30.9. The molecular weight excluding hydrogens is 428 g/mol. The van der Waals surface area contributed by atoms with Crippen LogP contribution in [0.4, 0.5) is 8.22 Å². The molecule has 0 aromatic heterocycles. The zero-order valence-corrected chi connectivity index (χ0v) is 23.0. The summed E-state index contributed by atoms with van der Waals surface area (Å²) in [6, 6.07) is 16.2. The van der Waals surface area contributed by atoms with Crippen molar-refractivity contribution in [3.05, 3.63) is 60.7 Å². The zero-order chi connectivity index (χ0) is 24.7. The first-order chi connectivity index (χ1) is 15.7. The van der Waals surface area contributed by atoms with Gasteiger partial charge in [-0.3, -0.25) is 0 Å². The molecule has 0 aliphatic rings. The number of halogens is 2. The van der Waals surface area contributed by atoms with Crippen LogP contribution in [0.3, 0.4) is 0 Å². The van der Waals surface area contributed by atoms with Crippen molar-refractivity contribution >= 4 is 18.4 Å². The molecule has 0 saturated carbocycles. The van der Waals surface area contributed by atoms with E-state index in [1.807, 2.05) is 0 Å². The maximum atomic E-state index is 14.7. The summed E-state index contributed by atoms with van der Waals surface area (Å²) in [6.45, 7) is 16.1. The molecule has 1 nitrogen and oxygen atoms in total. The molecule has 0 unspecified atom stereocenters. The third-order valence-electron chi connectivity index (χ3n) is 6.79. The van der Waals surface area contributed by atoms with E-state index < -0.39 is 8.02 Å². The van der Waals surface area contributed by atoms with E-state index >= 15 is 0 Å². The molecule has 0 bridgehead atoms. The molecule has 2 aromatic rings. The van der Waals surface area contributed by atoms with Crippen LogP contribution >= 0.6 is 0 Å². The van der Waals surface area contributed by atoms with Gasteiger partial charge in [-0.25, -0.2) is 0 Å². The summed E-state index contributed by atoms with van der Waals surface area (Å²) >= 11 is 0. The van der Waals surface area contributed by atoms with Gasteiger partial charge in [-0.15, -0.1) is 0 Å². The summed E-state index contributed by atoms with van der Waals surface area (Å²) in [5.41, 5.74) is 0. The minimum absolute atomic E-state index is 0.161. The van der Waals surface area contributed by atoms with Gasteiger partial charge in [0.05, 0.1) is 26.2 Å². The van der Waals surface area contributed by atoms with Crippen LogP contribution in [0.1, 0.15) is 79.1 Å². The normalized spacial score (nSPS) is 13.0. The molecule has 2 aromatic carbocycles. The van der Waals surface area contributed by atoms with Gasteiger partial charge in [-0.1, -0.05) is 53.4 Å². The fourth-order valence-corrected chi connectivity index (χ4v) is 6.66. The summed E-state index contributed by atoms with van der Waals surface area (Å²) in [5, 5.41) is 0.322. The van der Waals surface area contributed by atoms with Crippen LogP contribution < -0.4 is 10.4 Å². The molecular formula is C29H49F2NSi. The molecule has 0 N–H and O–H groups in total. The molecule has 4 heteroatoms. The van der Waals surface area contributed by atoms with Crippen molar-refractivity contribution in [1.29, 1.82) is 0 Å². The molecule has 188 valence electrons. The Labute approximate surface area is 203 Å². The minimum atomic E-state index is -5.20. The fraction of sp³-hybridized carbons (Fsp3) is 0.586. The van der Waals surface area contributed by atoms with E-state index in [0.29, 0.717) is 0 Å². The number of hydrogen-bond donors (Lipinski definition) is 0. The number of nitrogens with zero attached hydrogens (tertiary/aromatic N) is 1. The number of hydrogen-bond acceptors (Lipinski definition) is 0. The zero-order valence-electron chi connectivity index (χ0n) is 22.0. The standard InChI is InChI=1S/C16H36N.C13H13F2Si/c1-5-9-13-17(14-10-6-2,15-11-7-3)16-12-8-4;1-16(14,15,12-8-4-2-5-9-12)13-10-6-3-7-11-13/h5-16H2,1-4H3;2-11H,1H3/q+1;-1. The van der Waals surface area contributed by atoms with Crippen molar-refractivity contribution in [2.45, 2.75) is 85.6 Å². The Kier molecular flexibility index (Phi) is 13.1. The van der Waals surface area contributed by atoms with E-state index in [1.54, 1.807) is 36.4 Å². The van der Waals surface area contributed by atoms with Crippen LogP contribution in [-0.2, 0) is 0 Å².